The molecule has 6 nitrogen and oxygen atoms in total. The molecule has 1 fully saturated rings. The Morgan fingerprint density at radius 3 is 2.75 bits per heavy atom. The topological polar surface area (TPSA) is 75.4 Å². The highest BCUT2D eigenvalue weighted by Crippen LogP contribution is 2.29. The number of carbonyl (C=O) groups excluding carboxylic acids is 1. The molecule has 0 saturated carbocycles. The molecular formula is C14H21N3O3. The first-order chi connectivity index (χ1) is 9.40. The number of piperidine rings is 1. The molecule has 1 aliphatic heterocycles. The van der Waals surface area contributed by atoms with Gasteiger partial charge in [0.05, 0.1) is 5.69 Å². The normalized spacial score (nSPS) is 22.9. The van der Waals surface area contributed by atoms with Crippen molar-refractivity contribution in [1.29, 1.82) is 0 Å². The number of nitrogens with zero attached hydrogens (tertiary/aromatic N) is 3. The van der Waals surface area contributed by atoms with Crippen LogP contribution in [-0.2, 0) is 11.3 Å². The van der Waals surface area contributed by atoms with E-state index in [1.807, 2.05) is 13.8 Å². The maximum Gasteiger partial charge on any atom is 0.329 e. The number of hydrogen-bond acceptors (Lipinski definition) is 3. The van der Waals surface area contributed by atoms with Crippen molar-refractivity contribution in [2.24, 2.45) is 0 Å². The van der Waals surface area contributed by atoms with Gasteiger partial charge in [-0.15, -0.1) is 0 Å². The van der Waals surface area contributed by atoms with Gasteiger partial charge in [0.15, 0.2) is 0 Å². The molecule has 1 aromatic rings. The van der Waals surface area contributed by atoms with Gasteiger partial charge < -0.3 is 10.0 Å². The zero-order chi connectivity index (χ0) is 14.9. The number of aliphatic carboxylic acids is 1. The smallest absolute Gasteiger partial charge is 0.329 e. The number of hydrogen-bond donors (Lipinski definition) is 1. The predicted molar refractivity (Wildman–Crippen MR) is 73.6 cm³/mol. The highest BCUT2D eigenvalue weighted by molar-refractivity contribution is 5.96. The van der Waals surface area contributed by atoms with Crippen molar-refractivity contribution in [1.82, 2.24) is 14.7 Å². The zero-order valence-corrected chi connectivity index (χ0v) is 12.2. The number of likely N-dealkylation sites (tertiary alicyclic amines) is 1. The minimum Gasteiger partial charge on any atom is -0.480 e. The fraction of sp³-hybridized carbons (Fsp3) is 0.643. The molecule has 1 amide bonds. The van der Waals surface area contributed by atoms with Crippen molar-refractivity contribution in [3.63, 3.8) is 0 Å². The molecule has 0 spiro atoms. The van der Waals surface area contributed by atoms with Crippen LogP contribution in [-0.4, -0.2) is 43.7 Å². The third-order valence-electron chi connectivity index (χ3n) is 4.02. The lowest BCUT2D eigenvalue weighted by molar-refractivity contribution is -0.150. The molecule has 2 heterocycles. The van der Waals surface area contributed by atoms with Gasteiger partial charge in [0.1, 0.15) is 11.2 Å². The Hall–Kier alpha value is -1.85. The first kappa shape index (κ1) is 14.6. The van der Waals surface area contributed by atoms with Gasteiger partial charge >= 0.3 is 5.97 Å². The fourth-order valence-electron chi connectivity index (χ4n) is 2.77. The molecule has 0 aromatic carbocycles. The van der Waals surface area contributed by atoms with Gasteiger partial charge in [0.25, 0.3) is 5.91 Å². The average molecular weight is 279 g/mol. The van der Waals surface area contributed by atoms with Gasteiger partial charge in [0, 0.05) is 13.1 Å². The Morgan fingerprint density at radius 2 is 2.15 bits per heavy atom. The minimum atomic E-state index is -1.12. The van der Waals surface area contributed by atoms with Crippen molar-refractivity contribution in [3.05, 3.63) is 17.5 Å². The molecule has 1 N–H and O–H groups in total. The summed E-state index contributed by atoms with van der Waals surface area (Å²) in [6, 6.07) is 1.72. The molecule has 1 aromatic heterocycles. The van der Waals surface area contributed by atoms with Crippen molar-refractivity contribution < 1.29 is 14.7 Å². The molecule has 0 aliphatic carbocycles. The van der Waals surface area contributed by atoms with E-state index < -0.39 is 11.5 Å². The first-order valence-electron chi connectivity index (χ1n) is 7.00. The molecule has 1 saturated heterocycles. The number of carboxylic acid groups (broad SMARTS) is 1. The largest absolute Gasteiger partial charge is 0.480 e. The van der Waals surface area contributed by atoms with Crippen LogP contribution in [0.2, 0.25) is 0 Å². The second-order valence-corrected chi connectivity index (χ2v) is 5.48. The van der Waals surface area contributed by atoms with Gasteiger partial charge in [-0.05, 0) is 46.1 Å². The van der Waals surface area contributed by atoms with E-state index in [1.165, 1.54) is 4.90 Å². The molecule has 2 rings (SSSR count). The lowest BCUT2D eigenvalue weighted by Crippen LogP contribution is -2.57. The van der Waals surface area contributed by atoms with Gasteiger partial charge in [-0.2, -0.15) is 5.10 Å². The highest BCUT2D eigenvalue weighted by atomic mass is 16.4. The summed E-state index contributed by atoms with van der Waals surface area (Å²) in [6.07, 6.45) is 2.17. The molecule has 0 radical (unpaired) electrons. The van der Waals surface area contributed by atoms with Gasteiger partial charge in [-0.25, -0.2) is 4.79 Å². The van der Waals surface area contributed by atoms with E-state index >= 15 is 0 Å². The van der Waals surface area contributed by atoms with Crippen molar-refractivity contribution in [2.75, 3.05) is 6.54 Å². The summed E-state index contributed by atoms with van der Waals surface area (Å²) in [7, 11) is 0. The van der Waals surface area contributed by atoms with Crippen LogP contribution in [0.1, 0.15) is 49.3 Å². The number of aromatic nitrogens is 2. The third kappa shape index (κ3) is 2.30. The van der Waals surface area contributed by atoms with Crippen LogP contribution in [0.5, 0.6) is 0 Å². The molecule has 0 bridgehead atoms. The third-order valence-corrected chi connectivity index (χ3v) is 4.02. The molecular weight excluding hydrogens is 258 g/mol. The Bertz CT molecular complexity index is 538. The number of rotatable bonds is 3. The minimum absolute atomic E-state index is 0.239. The first-order valence-corrected chi connectivity index (χ1v) is 7.00. The summed E-state index contributed by atoms with van der Waals surface area (Å²) in [5, 5.41) is 13.7. The van der Waals surface area contributed by atoms with E-state index in [1.54, 1.807) is 17.7 Å². The average Bonchev–Trinajstić information content (AvgIpc) is 2.79. The monoisotopic (exact) mass is 279 g/mol. The van der Waals surface area contributed by atoms with Crippen LogP contribution in [0.4, 0.5) is 0 Å². The van der Waals surface area contributed by atoms with Crippen LogP contribution in [0.25, 0.3) is 0 Å². The molecule has 110 valence electrons. The van der Waals surface area contributed by atoms with Crippen molar-refractivity contribution in [3.8, 4) is 0 Å². The summed E-state index contributed by atoms with van der Waals surface area (Å²) in [5.41, 5.74) is 0.120. The Kier molecular flexibility index (Phi) is 3.83. The van der Waals surface area contributed by atoms with Crippen molar-refractivity contribution >= 4 is 11.9 Å². The maximum absolute atomic E-state index is 12.7. The standard InChI is InChI=1S/C14H21N3O3/c1-4-17-11(9-10(2)15-17)12(18)16-8-6-5-7-14(16,3)13(19)20/h9H,4-8H2,1-3H3,(H,19,20). The number of amides is 1. The summed E-state index contributed by atoms with van der Waals surface area (Å²) < 4.78 is 1.63. The second kappa shape index (κ2) is 5.26. The summed E-state index contributed by atoms with van der Waals surface area (Å²) >= 11 is 0. The van der Waals surface area contributed by atoms with E-state index in [2.05, 4.69) is 5.10 Å². The molecule has 1 aliphatic rings. The van der Waals surface area contributed by atoms with Gasteiger partial charge in [-0.1, -0.05) is 0 Å². The van der Waals surface area contributed by atoms with Crippen LogP contribution in [0.15, 0.2) is 6.07 Å². The SMILES string of the molecule is CCn1nc(C)cc1C(=O)N1CCCCC1(C)C(=O)O. The quantitative estimate of drug-likeness (QED) is 0.913. The number of carbonyl (C=O) groups is 2. The molecule has 1 atom stereocenters. The zero-order valence-electron chi connectivity index (χ0n) is 12.2. The van der Waals surface area contributed by atoms with Gasteiger partial charge in [0.2, 0.25) is 0 Å². The Labute approximate surface area is 118 Å². The van der Waals surface area contributed by atoms with E-state index in [-0.39, 0.29) is 5.91 Å². The predicted octanol–water partition coefficient (Wildman–Crippen LogP) is 1.68. The summed E-state index contributed by atoms with van der Waals surface area (Å²) in [6.45, 7) is 6.44. The molecule has 1 unspecified atom stereocenters. The second-order valence-electron chi connectivity index (χ2n) is 5.48. The van der Waals surface area contributed by atoms with Gasteiger partial charge in [-0.3, -0.25) is 9.48 Å². The van der Waals surface area contributed by atoms with Crippen LogP contribution >= 0.6 is 0 Å². The van der Waals surface area contributed by atoms with E-state index in [0.717, 1.165) is 18.5 Å². The fourth-order valence-corrected chi connectivity index (χ4v) is 2.77. The number of aryl methyl sites for hydroxylation is 2. The lowest BCUT2D eigenvalue weighted by atomic mass is 9.88. The molecule has 6 heteroatoms. The number of carboxylic acids is 1. The van der Waals surface area contributed by atoms with Crippen LogP contribution in [0, 0.1) is 6.92 Å². The van der Waals surface area contributed by atoms with E-state index in [4.69, 9.17) is 0 Å². The summed E-state index contributed by atoms with van der Waals surface area (Å²) in [5.74, 6) is -1.18. The molecule has 20 heavy (non-hydrogen) atoms. The van der Waals surface area contributed by atoms with Crippen LogP contribution < -0.4 is 0 Å². The Morgan fingerprint density at radius 1 is 1.45 bits per heavy atom. The highest BCUT2D eigenvalue weighted by Gasteiger charge is 2.44. The van der Waals surface area contributed by atoms with E-state index in [0.29, 0.717) is 25.2 Å². The Balaban J connectivity index is 2.37. The summed E-state index contributed by atoms with van der Waals surface area (Å²) in [4.78, 5) is 25.8. The lowest BCUT2D eigenvalue weighted by Gasteiger charge is -2.41. The maximum atomic E-state index is 12.7. The van der Waals surface area contributed by atoms with Crippen molar-refractivity contribution in [2.45, 2.75) is 52.1 Å². The van der Waals surface area contributed by atoms with Crippen LogP contribution in [0.3, 0.4) is 0 Å². The van der Waals surface area contributed by atoms with E-state index in [9.17, 15) is 14.7 Å².